The van der Waals surface area contributed by atoms with Gasteiger partial charge in [-0.15, -0.1) is 0 Å². The lowest BCUT2D eigenvalue weighted by atomic mass is 9.79. The maximum absolute atomic E-state index is 3.94. The van der Waals surface area contributed by atoms with Crippen molar-refractivity contribution in [2.45, 2.75) is 71.4 Å². The molecule has 0 aromatic heterocycles. The maximum Gasteiger partial charge on any atom is 0.00955 e. The van der Waals surface area contributed by atoms with Crippen molar-refractivity contribution >= 4 is 0 Å². The Kier molecular flexibility index (Phi) is 3.71. The Morgan fingerprint density at radius 3 is 2.40 bits per heavy atom. The van der Waals surface area contributed by atoms with Crippen LogP contribution >= 0.6 is 0 Å². The topological polar surface area (TPSA) is 12.0 Å². The first kappa shape index (κ1) is 11.4. The van der Waals surface area contributed by atoms with Crippen LogP contribution < -0.4 is 5.32 Å². The molecule has 1 N–H and O–H groups in total. The van der Waals surface area contributed by atoms with E-state index < -0.39 is 0 Å². The van der Waals surface area contributed by atoms with Gasteiger partial charge in [-0.1, -0.05) is 20.8 Å². The molecule has 0 aromatic rings. The molecule has 2 rings (SSSR count). The van der Waals surface area contributed by atoms with E-state index in [4.69, 9.17) is 0 Å². The summed E-state index contributed by atoms with van der Waals surface area (Å²) in [6, 6.07) is 1.64. The van der Waals surface area contributed by atoms with Crippen LogP contribution in [0.5, 0.6) is 0 Å². The summed E-state index contributed by atoms with van der Waals surface area (Å²) in [5, 5.41) is 3.94. The van der Waals surface area contributed by atoms with Crippen molar-refractivity contribution in [2.75, 3.05) is 0 Å². The van der Waals surface area contributed by atoms with E-state index in [0.717, 1.165) is 29.8 Å². The molecule has 15 heavy (non-hydrogen) atoms. The average molecular weight is 209 g/mol. The molecule has 0 aromatic carbocycles. The highest BCUT2D eigenvalue weighted by molar-refractivity contribution is 4.90. The number of rotatable bonds is 4. The number of hydrogen-bond donors (Lipinski definition) is 1. The maximum atomic E-state index is 3.94. The van der Waals surface area contributed by atoms with E-state index in [1.165, 1.54) is 38.5 Å². The largest absolute Gasteiger partial charge is 0.311 e. The van der Waals surface area contributed by atoms with Crippen molar-refractivity contribution in [3.63, 3.8) is 0 Å². The van der Waals surface area contributed by atoms with Crippen molar-refractivity contribution in [3.8, 4) is 0 Å². The summed E-state index contributed by atoms with van der Waals surface area (Å²) in [4.78, 5) is 0. The van der Waals surface area contributed by atoms with E-state index in [9.17, 15) is 0 Å². The molecule has 1 nitrogen and oxygen atoms in total. The third kappa shape index (κ3) is 2.96. The van der Waals surface area contributed by atoms with Crippen LogP contribution in [-0.4, -0.2) is 12.1 Å². The molecule has 1 heteroatoms. The first-order valence-electron chi connectivity index (χ1n) is 6.96. The Labute approximate surface area is 95.0 Å². The summed E-state index contributed by atoms with van der Waals surface area (Å²) in [5.74, 6) is 2.86. The van der Waals surface area contributed by atoms with Crippen LogP contribution in [0.4, 0.5) is 0 Å². The molecule has 0 amide bonds. The van der Waals surface area contributed by atoms with Crippen LogP contribution in [0, 0.1) is 17.8 Å². The quantitative estimate of drug-likeness (QED) is 0.746. The van der Waals surface area contributed by atoms with E-state index in [2.05, 4.69) is 26.1 Å². The minimum absolute atomic E-state index is 0.812. The fourth-order valence-electron chi connectivity index (χ4n) is 3.27. The highest BCUT2D eigenvalue weighted by atomic mass is 15.0. The first-order valence-corrected chi connectivity index (χ1v) is 6.96. The molecule has 2 fully saturated rings. The minimum Gasteiger partial charge on any atom is -0.311 e. The molecule has 0 bridgehead atoms. The molecule has 2 aliphatic rings. The van der Waals surface area contributed by atoms with Gasteiger partial charge in [0.25, 0.3) is 0 Å². The van der Waals surface area contributed by atoms with Gasteiger partial charge in [0.05, 0.1) is 0 Å². The van der Waals surface area contributed by atoms with Crippen molar-refractivity contribution in [1.29, 1.82) is 0 Å². The fourth-order valence-corrected chi connectivity index (χ4v) is 3.27. The van der Waals surface area contributed by atoms with Gasteiger partial charge in [-0.25, -0.2) is 0 Å². The Balaban J connectivity index is 1.81. The Morgan fingerprint density at radius 2 is 1.87 bits per heavy atom. The van der Waals surface area contributed by atoms with Gasteiger partial charge in [0.1, 0.15) is 0 Å². The summed E-state index contributed by atoms with van der Waals surface area (Å²) >= 11 is 0. The minimum atomic E-state index is 0.812. The molecule has 0 radical (unpaired) electrons. The van der Waals surface area contributed by atoms with E-state index in [1.54, 1.807) is 0 Å². The molecule has 0 saturated heterocycles. The fraction of sp³-hybridized carbons (Fsp3) is 1.00. The predicted molar refractivity (Wildman–Crippen MR) is 65.9 cm³/mol. The molecule has 2 aliphatic carbocycles. The van der Waals surface area contributed by atoms with Crippen LogP contribution in [0.3, 0.4) is 0 Å². The van der Waals surface area contributed by atoms with Crippen LogP contribution in [-0.2, 0) is 0 Å². The van der Waals surface area contributed by atoms with Gasteiger partial charge >= 0.3 is 0 Å². The third-order valence-corrected chi connectivity index (χ3v) is 4.49. The van der Waals surface area contributed by atoms with Gasteiger partial charge in [0.15, 0.2) is 0 Å². The van der Waals surface area contributed by atoms with E-state index >= 15 is 0 Å². The highest BCUT2D eigenvalue weighted by Crippen LogP contribution is 2.36. The summed E-state index contributed by atoms with van der Waals surface area (Å²) in [6.45, 7) is 7.18. The number of nitrogens with one attached hydrogen (secondary N) is 1. The van der Waals surface area contributed by atoms with Crippen molar-refractivity contribution in [2.24, 2.45) is 17.8 Å². The van der Waals surface area contributed by atoms with Crippen LogP contribution in [0.1, 0.15) is 59.3 Å². The van der Waals surface area contributed by atoms with Gasteiger partial charge in [-0.3, -0.25) is 0 Å². The Bertz CT molecular complexity index is 198. The van der Waals surface area contributed by atoms with Gasteiger partial charge in [0, 0.05) is 12.1 Å². The van der Waals surface area contributed by atoms with Crippen molar-refractivity contribution < 1.29 is 0 Å². The zero-order valence-corrected chi connectivity index (χ0v) is 10.6. The molecular formula is C14H27N. The molecule has 88 valence electrons. The van der Waals surface area contributed by atoms with Gasteiger partial charge in [-0.2, -0.15) is 0 Å². The predicted octanol–water partition coefficient (Wildman–Crippen LogP) is 3.59. The second-order valence-electron chi connectivity index (χ2n) is 6.02. The second kappa shape index (κ2) is 4.86. The van der Waals surface area contributed by atoms with Crippen LogP contribution in [0.2, 0.25) is 0 Å². The Hall–Kier alpha value is -0.0400. The lowest BCUT2D eigenvalue weighted by Crippen LogP contribution is -2.45. The van der Waals surface area contributed by atoms with E-state index in [-0.39, 0.29) is 0 Å². The van der Waals surface area contributed by atoms with Crippen molar-refractivity contribution in [1.82, 2.24) is 5.32 Å². The lowest BCUT2D eigenvalue weighted by molar-refractivity contribution is 0.205. The smallest absolute Gasteiger partial charge is 0.00955 e. The highest BCUT2D eigenvalue weighted by Gasteiger charge is 2.33. The van der Waals surface area contributed by atoms with E-state index in [0.29, 0.717) is 0 Å². The lowest BCUT2D eigenvalue weighted by Gasteiger charge is -2.36. The normalized spacial score (nSPS) is 39.0. The van der Waals surface area contributed by atoms with Gasteiger partial charge in [0.2, 0.25) is 0 Å². The van der Waals surface area contributed by atoms with Crippen LogP contribution in [0.25, 0.3) is 0 Å². The number of hydrogen-bond acceptors (Lipinski definition) is 1. The summed E-state index contributed by atoms with van der Waals surface area (Å²) < 4.78 is 0. The van der Waals surface area contributed by atoms with Crippen molar-refractivity contribution in [3.05, 3.63) is 0 Å². The molecule has 0 aliphatic heterocycles. The summed E-state index contributed by atoms with van der Waals surface area (Å²) in [6.07, 6.45) is 8.54. The molecule has 0 spiro atoms. The molecular weight excluding hydrogens is 182 g/mol. The van der Waals surface area contributed by atoms with Crippen LogP contribution in [0.15, 0.2) is 0 Å². The molecule has 4 atom stereocenters. The van der Waals surface area contributed by atoms with Gasteiger partial charge < -0.3 is 5.32 Å². The zero-order chi connectivity index (χ0) is 10.8. The summed E-state index contributed by atoms with van der Waals surface area (Å²) in [7, 11) is 0. The molecule has 4 unspecified atom stereocenters. The third-order valence-electron chi connectivity index (χ3n) is 4.49. The second-order valence-corrected chi connectivity index (χ2v) is 6.02. The molecule has 0 heterocycles. The SMILES string of the molecule is CCC(NC1CCC(C)CC1C)C1CC1. The monoisotopic (exact) mass is 209 g/mol. The van der Waals surface area contributed by atoms with Gasteiger partial charge in [-0.05, 0) is 56.3 Å². The average Bonchev–Trinajstić information content (AvgIpc) is 3.00. The summed E-state index contributed by atoms with van der Waals surface area (Å²) in [5.41, 5.74) is 0. The standard InChI is InChI=1S/C14H27N/c1-4-13(12-6-7-12)15-14-8-5-10(2)9-11(14)3/h10-15H,4-9H2,1-3H3. The van der Waals surface area contributed by atoms with E-state index in [1.807, 2.05) is 0 Å². The Morgan fingerprint density at radius 1 is 1.13 bits per heavy atom. The zero-order valence-electron chi connectivity index (χ0n) is 10.6. The first-order chi connectivity index (χ1) is 7.20. The molecule has 2 saturated carbocycles.